The van der Waals surface area contributed by atoms with Crippen LogP contribution in [0.1, 0.15) is 10.5 Å². The molecule has 0 atom stereocenters. The van der Waals surface area contributed by atoms with Crippen molar-refractivity contribution in [2.45, 2.75) is 4.90 Å². The Morgan fingerprint density at radius 2 is 1.68 bits per heavy atom. The number of rotatable bonds is 4. The summed E-state index contributed by atoms with van der Waals surface area (Å²) in [5.41, 5.74) is -0.100. The first kappa shape index (κ1) is 20.8. The highest BCUT2D eigenvalue weighted by molar-refractivity contribution is 7.89. The minimum absolute atomic E-state index is 0.0347. The predicted molar refractivity (Wildman–Crippen MR) is 109 cm³/mol. The molecule has 3 heterocycles. The van der Waals surface area contributed by atoms with E-state index in [0.29, 0.717) is 5.69 Å². The van der Waals surface area contributed by atoms with E-state index in [4.69, 9.17) is 0 Å². The first-order valence-electron chi connectivity index (χ1n) is 9.42. The Kier molecular flexibility index (Phi) is 5.61. The molecule has 9 nitrogen and oxygen atoms in total. The lowest BCUT2D eigenvalue weighted by atomic mass is 10.3. The highest BCUT2D eigenvalue weighted by Crippen LogP contribution is 2.17. The van der Waals surface area contributed by atoms with Gasteiger partial charge in [0.05, 0.1) is 5.69 Å². The molecule has 11 heteroatoms. The van der Waals surface area contributed by atoms with Crippen LogP contribution in [0.4, 0.5) is 4.39 Å². The number of nitrogens with zero attached hydrogens (tertiary/aromatic N) is 5. The second-order valence-electron chi connectivity index (χ2n) is 6.83. The summed E-state index contributed by atoms with van der Waals surface area (Å²) < 4.78 is 40.9. The van der Waals surface area contributed by atoms with Gasteiger partial charge in [-0.25, -0.2) is 12.8 Å². The highest BCUT2D eigenvalue weighted by Gasteiger charge is 2.31. The average Bonchev–Trinajstić information content (AvgIpc) is 2.80. The summed E-state index contributed by atoms with van der Waals surface area (Å²) in [6.07, 6.45) is 2.78. The molecular formula is C20H18FN5O4S. The van der Waals surface area contributed by atoms with Crippen LogP contribution < -0.4 is 5.56 Å². The summed E-state index contributed by atoms with van der Waals surface area (Å²) >= 11 is 0. The van der Waals surface area contributed by atoms with Gasteiger partial charge in [-0.2, -0.15) is 14.1 Å². The Balaban J connectivity index is 1.50. The standard InChI is InChI=1S/C20H18FN5O4S/c21-15-3-5-16(6-4-15)26-19(27)8-7-18(23-26)20(28)24-10-12-25(13-11-24)31(29,30)17-2-1-9-22-14-17/h1-9,14H,10-13H2. The summed E-state index contributed by atoms with van der Waals surface area (Å²) in [5, 5.41) is 4.11. The molecule has 1 aliphatic heterocycles. The van der Waals surface area contributed by atoms with Crippen molar-refractivity contribution in [2.24, 2.45) is 0 Å². The molecule has 0 aliphatic carbocycles. The number of pyridine rings is 1. The van der Waals surface area contributed by atoms with Crippen molar-refractivity contribution in [1.29, 1.82) is 0 Å². The van der Waals surface area contributed by atoms with E-state index in [0.717, 1.165) is 4.68 Å². The van der Waals surface area contributed by atoms with Gasteiger partial charge >= 0.3 is 0 Å². The van der Waals surface area contributed by atoms with Crippen LogP contribution in [0.3, 0.4) is 0 Å². The van der Waals surface area contributed by atoms with Gasteiger partial charge in [-0.15, -0.1) is 0 Å². The first-order valence-corrected chi connectivity index (χ1v) is 10.9. The number of hydrogen-bond acceptors (Lipinski definition) is 6. The van der Waals surface area contributed by atoms with E-state index < -0.39 is 27.3 Å². The number of amides is 1. The molecule has 1 aliphatic rings. The maximum Gasteiger partial charge on any atom is 0.274 e. The van der Waals surface area contributed by atoms with Crippen LogP contribution in [0.25, 0.3) is 5.69 Å². The van der Waals surface area contributed by atoms with E-state index >= 15 is 0 Å². The third-order valence-corrected chi connectivity index (χ3v) is 6.77. The van der Waals surface area contributed by atoms with Crippen molar-refractivity contribution in [3.8, 4) is 5.69 Å². The maximum absolute atomic E-state index is 13.2. The SMILES string of the molecule is O=C(c1ccc(=O)n(-c2ccc(F)cc2)n1)N1CCN(S(=O)(=O)c2cccnc2)CC1. The lowest BCUT2D eigenvalue weighted by Crippen LogP contribution is -2.50. The van der Waals surface area contributed by atoms with Crippen LogP contribution in [0.15, 0.2) is 70.6 Å². The van der Waals surface area contributed by atoms with Gasteiger partial charge in [-0.05, 0) is 42.5 Å². The molecule has 1 fully saturated rings. The zero-order valence-corrected chi connectivity index (χ0v) is 17.1. The van der Waals surface area contributed by atoms with Gasteiger partial charge in [0.1, 0.15) is 16.4 Å². The van der Waals surface area contributed by atoms with Crippen molar-refractivity contribution in [3.05, 3.63) is 82.8 Å². The molecule has 0 unspecified atom stereocenters. The van der Waals surface area contributed by atoms with Gasteiger partial charge in [0.25, 0.3) is 11.5 Å². The molecule has 4 rings (SSSR count). The predicted octanol–water partition coefficient (Wildman–Crippen LogP) is 0.913. The summed E-state index contributed by atoms with van der Waals surface area (Å²) in [5.74, 6) is -0.877. The van der Waals surface area contributed by atoms with Crippen molar-refractivity contribution in [1.82, 2.24) is 24.0 Å². The van der Waals surface area contributed by atoms with Crippen molar-refractivity contribution >= 4 is 15.9 Å². The van der Waals surface area contributed by atoms with E-state index in [-0.39, 0.29) is 36.8 Å². The molecule has 0 bridgehead atoms. The number of aromatic nitrogens is 3. The number of carbonyl (C=O) groups is 1. The number of benzene rings is 1. The quantitative estimate of drug-likeness (QED) is 0.594. The minimum Gasteiger partial charge on any atom is -0.335 e. The fraction of sp³-hybridized carbons (Fsp3) is 0.200. The normalized spacial score (nSPS) is 15.1. The third kappa shape index (κ3) is 4.23. The fourth-order valence-electron chi connectivity index (χ4n) is 3.23. The molecule has 3 aromatic rings. The largest absolute Gasteiger partial charge is 0.335 e. The van der Waals surface area contributed by atoms with E-state index in [9.17, 15) is 22.4 Å². The van der Waals surface area contributed by atoms with Crippen molar-refractivity contribution in [2.75, 3.05) is 26.2 Å². The molecule has 1 aromatic carbocycles. The molecule has 0 radical (unpaired) electrons. The Morgan fingerprint density at radius 3 is 2.32 bits per heavy atom. The van der Waals surface area contributed by atoms with Crippen LogP contribution in [0, 0.1) is 5.82 Å². The zero-order valence-electron chi connectivity index (χ0n) is 16.3. The Hall–Kier alpha value is -3.44. The van der Waals surface area contributed by atoms with Gasteiger partial charge < -0.3 is 4.90 Å². The first-order chi connectivity index (χ1) is 14.9. The molecule has 1 amide bonds. The van der Waals surface area contributed by atoms with E-state index in [1.165, 1.54) is 64.1 Å². The van der Waals surface area contributed by atoms with Gasteiger partial charge in [0, 0.05) is 44.6 Å². The monoisotopic (exact) mass is 443 g/mol. The van der Waals surface area contributed by atoms with Crippen LogP contribution in [-0.4, -0.2) is 64.5 Å². The van der Waals surface area contributed by atoms with Crippen LogP contribution >= 0.6 is 0 Å². The fourth-order valence-corrected chi connectivity index (χ4v) is 4.62. The highest BCUT2D eigenvalue weighted by atomic mass is 32.2. The number of carbonyl (C=O) groups excluding carboxylic acids is 1. The van der Waals surface area contributed by atoms with Gasteiger partial charge in [0.2, 0.25) is 10.0 Å². The number of sulfonamides is 1. The molecular weight excluding hydrogens is 425 g/mol. The molecule has 31 heavy (non-hydrogen) atoms. The van der Waals surface area contributed by atoms with E-state index in [1.807, 2.05) is 0 Å². The number of halogens is 1. The summed E-state index contributed by atoms with van der Waals surface area (Å²) in [6.45, 7) is 0.604. The van der Waals surface area contributed by atoms with Gasteiger partial charge in [-0.1, -0.05) is 0 Å². The van der Waals surface area contributed by atoms with Crippen LogP contribution in [0.2, 0.25) is 0 Å². The number of hydrogen-bond donors (Lipinski definition) is 0. The van der Waals surface area contributed by atoms with E-state index in [1.54, 1.807) is 6.07 Å². The van der Waals surface area contributed by atoms with E-state index in [2.05, 4.69) is 10.1 Å². The van der Waals surface area contributed by atoms with Crippen LogP contribution in [0.5, 0.6) is 0 Å². The minimum atomic E-state index is -3.69. The molecule has 2 aromatic heterocycles. The van der Waals surface area contributed by atoms with Gasteiger partial charge in [-0.3, -0.25) is 14.6 Å². The Morgan fingerprint density at radius 1 is 0.968 bits per heavy atom. The van der Waals surface area contributed by atoms with Crippen molar-refractivity contribution in [3.63, 3.8) is 0 Å². The van der Waals surface area contributed by atoms with Crippen molar-refractivity contribution < 1.29 is 17.6 Å². The summed E-state index contributed by atoms with van der Waals surface area (Å²) in [7, 11) is -3.69. The summed E-state index contributed by atoms with van der Waals surface area (Å²) in [4.78, 5) is 30.5. The second kappa shape index (κ2) is 8.36. The Bertz CT molecular complexity index is 1250. The smallest absolute Gasteiger partial charge is 0.274 e. The lowest BCUT2D eigenvalue weighted by Gasteiger charge is -2.33. The maximum atomic E-state index is 13.2. The molecule has 0 spiro atoms. The van der Waals surface area contributed by atoms with Crippen LogP contribution in [-0.2, 0) is 10.0 Å². The average molecular weight is 443 g/mol. The van der Waals surface area contributed by atoms with Gasteiger partial charge in [0.15, 0.2) is 0 Å². The molecule has 0 saturated carbocycles. The topological polar surface area (TPSA) is 105 Å². The third-order valence-electron chi connectivity index (χ3n) is 4.89. The summed E-state index contributed by atoms with van der Waals surface area (Å²) in [6, 6.07) is 10.7. The lowest BCUT2D eigenvalue weighted by molar-refractivity contribution is 0.0690. The zero-order chi connectivity index (χ0) is 22.0. The molecule has 1 saturated heterocycles. The number of piperazine rings is 1. The Labute approximate surface area is 177 Å². The molecule has 160 valence electrons. The molecule has 0 N–H and O–H groups in total. The second-order valence-corrected chi connectivity index (χ2v) is 8.77.